The normalized spacial score (nSPS) is 9.72. The topological polar surface area (TPSA) is 93.9 Å². The van der Waals surface area contributed by atoms with Crippen molar-refractivity contribution in [3.05, 3.63) is 36.7 Å². The monoisotopic (exact) mass is 242 g/mol. The summed E-state index contributed by atoms with van der Waals surface area (Å²) >= 11 is 0. The summed E-state index contributed by atoms with van der Waals surface area (Å²) in [6, 6.07) is 8.96. The molecule has 0 radical (unpaired) electrons. The number of benzene rings is 1. The second kappa shape index (κ2) is 5.01. The van der Waals surface area contributed by atoms with Crippen LogP contribution < -0.4 is 10.5 Å². The van der Waals surface area contributed by atoms with Crippen LogP contribution in [0.1, 0.15) is 0 Å². The zero-order chi connectivity index (χ0) is 13.0. The largest absolute Gasteiger partial charge is 0.410 e. The Hall–Kier alpha value is -2.81. The number of hydrogen-bond donors (Lipinski definition) is 1. The molecule has 0 atom stereocenters. The maximum atomic E-state index is 10.8. The number of nitriles is 1. The van der Waals surface area contributed by atoms with E-state index in [-0.39, 0.29) is 6.54 Å². The zero-order valence-corrected chi connectivity index (χ0v) is 9.41. The van der Waals surface area contributed by atoms with Crippen LogP contribution in [0.2, 0.25) is 0 Å². The molecule has 0 saturated carbocycles. The van der Waals surface area contributed by atoms with Gasteiger partial charge in [-0.25, -0.2) is 4.79 Å². The highest BCUT2D eigenvalue weighted by atomic mass is 16.5. The zero-order valence-electron chi connectivity index (χ0n) is 9.41. The molecule has 6 heteroatoms. The lowest BCUT2D eigenvalue weighted by molar-refractivity contribution is 0.211. The van der Waals surface area contributed by atoms with E-state index in [4.69, 9.17) is 15.7 Å². The average Bonchev–Trinajstić information content (AvgIpc) is 2.78. The minimum atomic E-state index is -0.869. The number of rotatable bonds is 3. The lowest BCUT2D eigenvalue weighted by Crippen LogP contribution is -2.16. The molecule has 0 aliphatic rings. The van der Waals surface area contributed by atoms with E-state index in [9.17, 15) is 4.79 Å². The van der Waals surface area contributed by atoms with Gasteiger partial charge in [-0.2, -0.15) is 10.4 Å². The quantitative estimate of drug-likeness (QED) is 0.883. The van der Waals surface area contributed by atoms with Crippen LogP contribution in [0.25, 0.3) is 11.1 Å². The smallest absolute Gasteiger partial charge is 0.409 e. The minimum Gasteiger partial charge on any atom is -0.410 e. The first-order chi connectivity index (χ1) is 8.70. The molecular formula is C12H10N4O2. The first kappa shape index (κ1) is 11.7. The van der Waals surface area contributed by atoms with Crippen molar-refractivity contribution in [2.45, 2.75) is 6.54 Å². The van der Waals surface area contributed by atoms with Crippen molar-refractivity contribution in [2.75, 3.05) is 0 Å². The highest BCUT2D eigenvalue weighted by Crippen LogP contribution is 2.29. The summed E-state index contributed by atoms with van der Waals surface area (Å²) in [5, 5.41) is 12.6. The van der Waals surface area contributed by atoms with Crippen LogP contribution in [0.5, 0.6) is 5.75 Å². The van der Waals surface area contributed by atoms with Crippen LogP contribution in [0, 0.1) is 11.3 Å². The Kier molecular flexibility index (Phi) is 3.25. The first-order valence-corrected chi connectivity index (χ1v) is 5.17. The molecule has 1 amide bonds. The highest BCUT2D eigenvalue weighted by Gasteiger charge is 2.09. The van der Waals surface area contributed by atoms with Crippen molar-refractivity contribution >= 4 is 6.09 Å². The molecule has 90 valence electrons. The number of carbonyl (C=O) groups excluding carboxylic acids is 1. The molecule has 18 heavy (non-hydrogen) atoms. The van der Waals surface area contributed by atoms with Gasteiger partial charge in [0.15, 0.2) is 0 Å². The van der Waals surface area contributed by atoms with Gasteiger partial charge in [-0.05, 0) is 6.07 Å². The molecule has 1 heterocycles. The summed E-state index contributed by atoms with van der Waals surface area (Å²) in [5.74, 6) is 0.363. The van der Waals surface area contributed by atoms with E-state index in [0.717, 1.165) is 5.56 Å². The van der Waals surface area contributed by atoms with Crippen molar-refractivity contribution < 1.29 is 9.53 Å². The molecule has 6 nitrogen and oxygen atoms in total. The Morgan fingerprint density at radius 1 is 1.50 bits per heavy atom. The maximum Gasteiger partial charge on any atom is 0.409 e. The van der Waals surface area contributed by atoms with Crippen molar-refractivity contribution in [3.8, 4) is 22.9 Å². The van der Waals surface area contributed by atoms with E-state index in [1.165, 1.54) is 4.68 Å². The van der Waals surface area contributed by atoms with E-state index in [2.05, 4.69) is 5.10 Å². The predicted octanol–water partition coefficient (Wildman–Crippen LogP) is 1.53. The van der Waals surface area contributed by atoms with Gasteiger partial charge in [0.25, 0.3) is 0 Å². The molecule has 2 aromatic rings. The lowest BCUT2D eigenvalue weighted by atomic mass is 10.1. The van der Waals surface area contributed by atoms with Crippen LogP contribution in [-0.4, -0.2) is 15.9 Å². The van der Waals surface area contributed by atoms with E-state index in [1.54, 1.807) is 30.6 Å². The van der Waals surface area contributed by atoms with Gasteiger partial charge in [0.05, 0.1) is 12.3 Å². The van der Waals surface area contributed by atoms with Crippen molar-refractivity contribution in [1.29, 1.82) is 5.26 Å². The number of nitrogens with two attached hydrogens (primary N) is 1. The van der Waals surface area contributed by atoms with Crippen molar-refractivity contribution in [3.63, 3.8) is 0 Å². The van der Waals surface area contributed by atoms with Crippen molar-refractivity contribution in [1.82, 2.24) is 9.78 Å². The van der Waals surface area contributed by atoms with E-state index in [0.29, 0.717) is 11.3 Å². The number of nitrogens with zero attached hydrogens (tertiary/aromatic N) is 3. The Morgan fingerprint density at radius 2 is 2.28 bits per heavy atom. The van der Waals surface area contributed by atoms with Crippen LogP contribution in [0.4, 0.5) is 4.79 Å². The van der Waals surface area contributed by atoms with Gasteiger partial charge in [0, 0.05) is 17.3 Å². The molecule has 0 bridgehead atoms. The Morgan fingerprint density at radius 3 is 3.00 bits per heavy atom. The molecule has 0 unspecified atom stereocenters. The molecule has 0 fully saturated rings. The number of amides is 1. The van der Waals surface area contributed by atoms with Gasteiger partial charge < -0.3 is 10.5 Å². The second-order valence-corrected chi connectivity index (χ2v) is 3.50. The third-order valence-electron chi connectivity index (χ3n) is 2.27. The number of primary amides is 1. The van der Waals surface area contributed by atoms with Gasteiger partial charge in [-0.15, -0.1) is 0 Å². The fraction of sp³-hybridized carbons (Fsp3) is 0.0833. The maximum absolute atomic E-state index is 10.8. The van der Waals surface area contributed by atoms with Gasteiger partial charge in [0.2, 0.25) is 0 Å². The average molecular weight is 242 g/mol. The summed E-state index contributed by atoms with van der Waals surface area (Å²) in [4.78, 5) is 10.8. The third kappa shape index (κ3) is 2.47. The summed E-state index contributed by atoms with van der Waals surface area (Å²) in [6.45, 7) is 0.166. The number of carbonyl (C=O) groups is 1. The molecule has 0 aliphatic heterocycles. The predicted molar refractivity (Wildman–Crippen MR) is 63.5 cm³/mol. The van der Waals surface area contributed by atoms with E-state index in [1.807, 2.05) is 12.1 Å². The fourth-order valence-corrected chi connectivity index (χ4v) is 1.56. The Labute approximate surface area is 103 Å². The molecule has 2 N–H and O–H groups in total. The molecule has 2 rings (SSSR count). The second-order valence-electron chi connectivity index (χ2n) is 3.50. The lowest BCUT2D eigenvalue weighted by Gasteiger charge is -2.05. The van der Waals surface area contributed by atoms with Gasteiger partial charge in [-0.1, -0.05) is 18.2 Å². The minimum absolute atomic E-state index is 0.166. The number of aromatic nitrogens is 2. The summed E-state index contributed by atoms with van der Waals surface area (Å²) < 4.78 is 6.40. The Balaban J connectivity index is 2.37. The van der Waals surface area contributed by atoms with Gasteiger partial charge >= 0.3 is 6.09 Å². The first-order valence-electron chi connectivity index (χ1n) is 5.17. The SMILES string of the molecule is N#CCn1cc(-c2ccccc2OC(N)=O)cn1. The number of hydrogen-bond acceptors (Lipinski definition) is 4. The molecular weight excluding hydrogens is 232 g/mol. The summed E-state index contributed by atoms with van der Waals surface area (Å²) in [6.07, 6.45) is 2.43. The number of para-hydroxylation sites is 1. The van der Waals surface area contributed by atoms with Gasteiger partial charge in [0.1, 0.15) is 12.3 Å². The summed E-state index contributed by atoms with van der Waals surface area (Å²) in [7, 11) is 0. The molecule has 1 aromatic carbocycles. The van der Waals surface area contributed by atoms with E-state index < -0.39 is 6.09 Å². The van der Waals surface area contributed by atoms with Gasteiger partial charge in [-0.3, -0.25) is 4.68 Å². The summed E-state index contributed by atoms with van der Waals surface area (Å²) in [5.41, 5.74) is 6.45. The third-order valence-corrected chi connectivity index (χ3v) is 2.27. The Bertz CT molecular complexity index is 613. The van der Waals surface area contributed by atoms with Crippen LogP contribution >= 0.6 is 0 Å². The van der Waals surface area contributed by atoms with Crippen LogP contribution in [-0.2, 0) is 6.54 Å². The van der Waals surface area contributed by atoms with Crippen LogP contribution in [0.15, 0.2) is 36.7 Å². The number of ether oxygens (including phenoxy) is 1. The molecule has 1 aromatic heterocycles. The fourth-order valence-electron chi connectivity index (χ4n) is 1.56. The molecule has 0 spiro atoms. The highest BCUT2D eigenvalue weighted by molar-refractivity contribution is 5.75. The van der Waals surface area contributed by atoms with E-state index >= 15 is 0 Å². The van der Waals surface area contributed by atoms with Crippen LogP contribution in [0.3, 0.4) is 0 Å². The molecule has 0 saturated heterocycles. The van der Waals surface area contributed by atoms with Crippen molar-refractivity contribution in [2.24, 2.45) is 5.73 Å². The molecule has 0 aliphatic carbocycles. The standard InChI is InChI=1S/C12H10N4O2/c13-5-6-16-8-9(7-15-16)10-3-1-2-4-11(10)18-12(14)17/h1-4,7-8H,6H2,(H2,14,17).